The first-order valence-corrected chi connectivity index (χ1v) is 2.76. The molecule has 0 saturated heterocycles. The number of hydrogen-bond donors (Lipinski definition) is 0. The van der Waals surface area contributed by atoms with Crippen LogP contribution in [0, 0.1) is 12.3 Å². The lowest BCUT2D eigenvalue weighted by Gasteiger charge is -1.84. The van der Waals surface area contributed by atoms with Crippen molar-refractivity contribution in [2.24, 2.45) is 0 Å². The molecule has 46 valence electrons. The van der Waals surface area contributed by atoms with Crippen molar-refractivity contribution in [3.05, 3.63) is 36.5 Å². The molecule has 0 N–H and O–H groups in total. The average molecular weight is 118 g/mol. The van der Waals surface area contributed by atoms with Gasteiger partial charge in [-0.15, -0.1) is 6.42 Å². The maximum Gasteiger partial charge on any atom is -0.00493 e. The van der Waals surface area contributed by atoms with Crippen molar-refractivity contribution in [3.63, 3.8) is 0 Å². The fraction of sp³-hybridized carbons (Fsp3) is 0.111. The van der Waals surface area contributed by atoms with Crippen LogP contribution in [-0.4, -0.2) is 0 Å². The normalized spacial score (nSPS) is 11.3. The Balaban J connectivity index is 4.19. The Morgan fingerprint density at radius 1 is 1.67 bits per heavy atom. The van der Waals surface area contributed by atoms with Gasteiger partial charge in [0.15, 0.2) is 0 Å². The van der Waals surface area contributed by atoms with Crippen molar-refractivity contribution < 1.29 is 0 Å². The Hall–Kier alpha value is -1.22. The number of hydrogen-bond acceptors (Lipinski definition) is 0. The molecule has 0 heterocycles. The molecule has 0 nitrogen and oxygen atoms in total. The number of allylic oxidation sites excluding steroid dienone is 5. The Labute approximate surface area is 56.6 Å². The molecule has 0 bridgehead atoms. The zero-order chi connectivity index (χ0) is 7.11. The fourth-order valence-electron chi connectivity index (χ4n) is 0.464. The summed E-state index contributed by atoms with van der Waals surface area (Å²) in [5, 5.41) is 0. The Kier molecular flexibility index (Phi) is 4.26. The molecule has 0 aliphatic heterocycles. The molecule has 0 aliphatic carbocycles. The quantitative estimate of drug-likeness (QED) is 0.385. The van der Waals surface area contributed by atoms with Crippen LogP contribution in [0.2, 0.25) is 0 Å². The van der Waals surface area contributed by atoms with Gasteiger partial charge in [-0.1, -0.05) is 30.7 Å². The summed E-state index contributed by atoms with van der Waals surface area (Å²) in [5.41, 5.74) is 0.972. The van der Waals surface area contributed by atoms with Crippen LogP contribution in [0.1, 0.15) is 6.92 Å². The fourth-order valence-corrected chi connectivity index (χ4v) is 0.464. The van der Waals surface area contributed by atoms with E-state index in [1.807, 2.05) is 19.1 Å². The van der Waals surface area contributed by atoms with Crippen molar-refractivity contribution in [2.75, 3.05) is 0 Å². The minimum atomic E-state index is 0.972. The van der Waals surface area contributed by atoms with Gasteiger partial charge >= 0.3 is 0 Å². The van der Waals surface area contributed by atoms with Crippen LogP contribution in [0.15, 0.2) is 36.5 Å². The minimum Gasteiger partial charge on any atom is -0.115 e. The molecule has 0 heteroatoms. The van der Waals surface area contributed by atoms with Gasteiger partial charge < -0.3 is 0 Å². The van der Waals surface area contributed by atoms with Gasteiger partial charge in [-0.2, -0.15) is 0 Å². The minimum absolute atomic E-state index is 0.972. The topological polar surface area (TPSA) is 0 Å². The van der Waals surface area contributed by atoms with E-state index in [-0.39, 0.29) is 0 Å². The van der Waals surface area contributed by atoms with Gasteiger partial charge in [-0.3, -0.25) is 0 Å². The molecule has 0 atom stereocenters. The smallest absolute Gasteiger partial charge is 0.00493 e. The third kappa shape index (κ3) is 3.37. The van der Waals surface area contributed by atoms with Crippen LogP contribution in [0.3, 0.4) is 0 Å². The Morgan fingerprint density at radius 2 is 2.33 bits per heavy atom. The van der Waals surface area contributed by atoms with Crippen LogP contribution in [-0.2, 0) is 0 Å². The molecule has 0 aliphatic rings. The van der Waals surface area contributed by atoms with Gasteiger partial charge in [-0.05, 0) is 18.6 Å². The molecule has 0 rings (SSSR count). The van der Waals surface area contributed by atoms with E-state index < -0.39 is 0 Å². The van der Waals surface area contributed by atoms with Gasteiger partial charge in [0, 0.05) is 0 Å². The van der Waals surface area contributed by atoms with Crippen LogP contribution < -0.4 is 0 Å². The molecule has 0 saturated carbocycles. The van der Waals surface area contributed by atoms with Crippen molar-refractivity contribution in [3.8, 4) is 12.3 Å². The predicted molar refractivity (Wildman–Crippen MR) is 41.9 cm³/mol. The molecule has 0 spiro atoms. The maximum absolute atomic E-state index is 5.03. The van der Waals surface area contributed by atoms with Gasteiger partial charge in [0.05, 0.1) is 0 Å². The summed E-state index contributed by atoms with van der Waals surface area (Å²) >= 11 is 0. The molecule has 0 aromatic heterocycles. The first-order valence-electron chi connectivity index (χ1n) is 2.76. The van der Waals surface area contributed by atoms with Crippen molar-refractivity contribution in [1.82, 2.24) is 0 Å². The summed E-state index contributed by atoms with van der Waals surface area (Å²) in [4.78, 5) is 0. The van der Waals surface area contributed by atoms with E-state index in [2.05, 4.69) is 12.5 Å². The van der Waals surface area contributed by atoms with Crippen molar-refractivity contribution in [2.45, 2.75) is 6.92 Å². The Bertz CT molecular complexity index is 175. The number of terminal acetylenes is 1. The van der Waals surface area contributed by atoms with Gasteiger partial charge in [0.2, 0.25) is 0 Å². The highest BCUT2D eigenvalue weighted by Gasteiger charge is 1.76. The summed E-state index contributed by atoms with van der Waals surface area (Å²) in [6.45, 7) is 5.52. The molecular weight excluding hydrogens is 108 g/mol. The van der Waals surface area contributed by atoms with E-state index in [9.17, 15) is 0 Å². The summed E-state index contributed by atoms with van der Waals surface area (Å²) in [5.74, 6) is 2.42. The lowest BCUT2D eigenvalue weighted by atomic mass is 10.2. The van der Waals surface area contributed by atoms with Crippen molar-refractivity contribution in [1.29, 1.82) is 0 Å². The molecule has 0 aromatic carbocycles. The highest BCUT2D eigenvalue weighted by molar-refractivity contribution is 5.34. The largest absolute Gasteiger partial charge is 0.115 e. The Morgan fingerprint density at radius 3 is 2.67 bits per heavy atom. The molecular formula is C9H10. The lowest BCUT2D eigenvalue weighted by molar-refractivity contribution is 1.65. The van der Waals surface area contributed by atoms with Crippen LogP contribution in [0.25, 0.3) is 0 Å². The SMILES string of the molecule is C#C/C=C(C=C)\C=C/C. The van der Waals surface area contributed by atoms with E-state index in [1.165, 1.54) is 0 Å². The highest BCUT2D eigenvalue weighted by Crippen LogP contribution is 1.95. The van der Waals surface area contributed by atoms with Crippen molar-refractivity contribution >= 4 is 0 Å². The second kappa shape index (κ2) is 4.93. The first-order chi connectivity index (χ1) is 4.35. The second-order valence-electron chi connectivity index (χ2n) is 1.52. The lowest BCUT2D eigenvalue weighted by Crippen LogP contribution is -1.65. The predicted octanol–water partition coefficient (Wildman–Crippen LogP) is 2.31. The maximum atomic E-state index is 5.03. The van der Waals surface area contributed by atoms with Crippen LogP contribution in [0.5, 0.6) is 0 Å². The third-order valence-electron chi connectivity index (χ3n) is 0.845. The first kappa shape index (κ1) is 7.78. The van der Waals surface area contributed by atoms with Crippen LogP contribution >= 0.6 is 0 Å². The van der Waals surface area contributed by atoms with E-state index in [4.69, 9.17) is 6.42 Å². The summed E-state index contributed by atoms with van der Waals surface area (Å²) in [6.07, 6.45) is 12.3. The van der Waals surface area contributed by atoms with Crippen LogP contribution in [0.4, 0.5) is 0 Å². The summed E-state index contributed by atoms with van der Waals surface area (Å²) < 4.78 is 0. The molecule has 0 aromatic rings. The molecule has 0 fully saturated rings. The van der Waals surface area contributed by atoms with E-state index in [0.717, 1.165) is 5.57 Å². The van der Waals surface area contributed by atoms with Gasteiger partial charge in [-0.25, -0.2) is 0 Å². The standard InChI is InChI=1S/C9H10/c1-4-7-9(6-3)8-5-2/h1,5-8H,3H2,2H3/b8-5-,9-7-. The number of rotatable bonds is 2. The zero-order valence-corrected chi connectivity index (χ0v) is 5.59. The average Bonchev–Trinajstić information content (AvgIpc) is 1.88. The summed E-state index contributed by atoms with van der Waals surface area (Å²) in [6, 6.07) is 0. The second-order valence-corrected chi connectivity index (χ2v) is 1.52. The van der Waals surface area contributed by atoms with E-state index in [1.54, 1.807) is 12.2 Å². The van der Waals surface area contributed by atoms with E-state index in [0.29, 0.717) is 0 Å². The molecule has 9 heavy (non-hydrogen) atoms. The summed E-state index contributed by atoms with van der Waals surface area (Å²) in [7, 11) is 0. The van der Waals surface area contributed by atoms with Gasteiger partial charge in [0.25, 0.3) is 0 Å². The molecule has 0 radical (unpaired) electrons. The molecule has 0 amide bonds. The highest BCUT2D eigenvalue weighted by atomic mass is 13.8. The molecule has 0 unspecified atom stereocenters. The van der Waals surface area contributed by atoms with Gasteiger partial charge in [0.1, 0.15) is 0 Å². The zero-order valence-electron chi connectivity index (χ0n) is 5.59. The third-order valence-corrected chi connectivity index (χ3v) is 0.845. The monoisotopic (exact) mass is 118 g/mol. The van der Waals surface area contributed by atoms with E-state index >= 15 is 0 Å².